The monoisotopic (exact) mass is 267 g/mol. The molecule has 1 aliphatic heterocycles. The fourth-order valence-electron chi connectivity index (χ4n) is 1.95. The summed E-state index contributed by atoms with van der Waals surface area (Å²) in [7, 11) is 1.68. The van der Waals surface area contributed by atoms with Crippen LogP contribution in [0.5, 0.6) is 11.5 Å². The molecule has 0 amide bonds. The number of fused-ring (bicyclic) bond motifs is 1. The first-order valence-corrected chi connectivity index (χ1v) is 6.57. The van der Waals surface area contributed by atoms with E-state index in [2.05, 4.69) is 5.32 Å². The number of para-hydroxylation sites is 2. The van der Waals surface area contributed by atoms with Gasteiger partial charge in [-0.25, -0.2) is 0 Å². The van der Waals surface area contributed by atoms with Gasteiger partial charge in [0.25, 0.3) is 0 Å². The van der Waals surface area contributed by atoms with Gasteiger partial charge in [0.15, 0.2) is 17.6 Å². The van der Waals surface area contributed by atoms with Gasteiger partial charge in [-0.2, -0.15) is 0 Å². The molecule has 106 valence electrons. The first-order chi connectivity index (χ1) is 9.31. The van der Waals surface area contributed by atoms with Gasteiger partial charge in [0, 0.05) is 20.3 Å². The first-order valence-electron chi connectivity index (χ1n) is 6.57. The molecule has 0 saturated carbocycles. The van der Waals surface area contributed by atoms with E-state index in [9.17, 15) is 5.11 Å². The molecule has 0 fully saturated rings. The lowest BCUT2D eigenvalue weighted by Crippen LogP contribution is -2.45. The minimum absolute atomic E-state index is 0.329. The predicted octanol–water partition coefficient (Wildman–Crippen LogP) is 0.813. The third-order valence-electron chi connectivity index (χ3n) is 3.02. The van der Waals surface area contributed by atoms with Crippen molar-refractivity contribution in [3.63, 3.8) is 0 Å². The van der Waals surface area contributed by atoms with Crippen LogP contribution in [0.3, 0.4) is 0 Å². The lowest BCUT2D eigenvalue weighted by molar-refractivity contribution is -0.00912. The second kappa shape index (κ2) is 7.33. The van der Waals surface area contributed by atoms with Crippen molar-refractivity contribution >= 4 is 0 Å². The van der Waals surface area contributed by atoms with E-state index in [1.54, 1.807) is 7.11 Å². The van der Waals surface area contributed by atoms with Crippen molar-refractivity contribution in [2.45, 2.75) is 18.6 Å². The summed E-state index contributed by atoms with van der Waals surface area (Å²) in [5, 5.41) is 13.2. The van der Waals surface area contributed by atoms with Crippen LogP contribution < -0.4 is 14.8 Å². The zero-order chi connectivity index (χ0) is 13.5. The quantitative estimate of drug-likeness (QED) is 0.716. The van der Waals surface area contributed by atoms with E-state index in [0.717, 1.165) is 25.3 Å². The third kappa shape index (κ3) is 4.09. The minimum atomic E-state index is -0.587. The minimum Gasteiger partial charge on any atom is -0.486 e. The summed E-state index contributed by atoms with van der Waals surface area (Å²) < 4.78 is 16.3. The van der Waals surface area contributed by atoms with Crippen LogP contribution in [0, 0.1) is 0 Å². The number of hydrogen-bond donors (Lipinski definition) is 2. The molecule has 0 aliphatic carbocycles. The van der Waals surface area contributed by atoms with E-state index in [1.807, 2.05) is 24.3 Å². The van der Waals surface area contributed by atoms with Gasteiger partial charge in [-0.1, -0.05) is 12.1 Å². The van der Waals surface area contributed by atoms with Crippen LogP contribution in [-0.2, 0) is 4.74 Å². The molecule has 0 radical (unpaired) electrons. The standard InChI is InChI=1S/C14H21NO4/c1-17-8-4-7-15-9-11(16)14-10-18-12-5-2-3-6-13(12)19-14/h2-3,5-6,11,14-16H,4,7-10H2,1H3. The Labute approximate surface area is 113 Å². The van der Waals surface area contributed by atoms with Crippen LogP contribution >= 0.6 is 0 Å². The zero-order valence-corrected chi connectivity index (χ0v) is 11.2. The van der Waals surface area contributed by atoms with Crippen molar-refractivity contribution in [3.05, 3.63) is 24.3 Å². The highest BCUT2D eigenvalue weighted by Crippen LogP contribution is 2.31. The fraction of sp³-hybridized carbons (Fsp3) is 0.571. The summed E-state index contributed by atoms with van der Waals surface area (Å²) in [5.41, 5.74) is 0. The average Bonchev–Trinajstić information content (AvgIpc) is 2.46. The molecule has 5 nitrogen and oxygen atoms in total. The molecule has 2 atom stereocenters. The second-order valence-corrected chi connectivity index (χ2v) is 4.53. The Morgan fingerprint density at radius 3 is 3.00 bits per heavy atom. The van der Waals surface area contributed by atoms with Gasteiger partial charge in [-0.15, -0.1) is 0 Å². The largest absolute Gasteiger partial charge is 0.486 e. The number of benzene rings is 1. The highest BCUT2D eigenvalue weighted by atomic mass is 16.6. The van der Waals surface area contributed by atoms with Crippen molar-refractivity contribution in [2.75, 3.05) is 33.4 Å². The van der Waals surface area contributed by atoms with E-state index < -0.39 is 6.10 Å². The summed E-state index contributed by atoms with van der Waals surface area (Å²) in [6.45, 7) is 2.40. The Balaban J connectivity index is 1.74. The van der Waals surface area contributed by atoms with Crippen LogP contribution in [0.2, 0.25) is 0 Å². The molecule has 5 heteroatoms. The molecule has 19 heavy (non-hydrogen) atoms. The fourth-order valence-corrected chi connectivity index (χ4v) is 1.95. The number of aliphatic hydroxyl groups excluding tert-OH is 1. The van der Waals surface area contributed by atoms with Crippen molar-refractivity contribution in [1.82, 2.24) is 5.32 Å². The Morgan fingerprint density at radius 1 is 1.42 bits per heavy atom. The average molecular weight is 267 g/mol. The Hall–Kier alpha value is -1.30. The maximum atomic E-state index is 10.1. The molecule has 1 aromatic rings. The number of rotatable bonds is 7. The van der Waals surface area contributed by atoms with Gasteiger partial charge >= 0.3 is 0 Å². The van der Waals surface area contributed by atoms with E-state index in [4.69, 9.17) is 14.2 Å². The van der Waals surface area contributed by atoms with E-state index in [1.165, 1.54) is 0 Å². The smallest absolute Gasteiger partial charge is 0.161 e. The summed E-state index contributed by atoms with van der Waals surface area (Å²) in [6.07, 6.45) is 0.00869. The second-order valence-electron chi connectivity index (χ2n) is 4.53. The van der Waals surface area contributed by atoms with E-state index in [0.29, 0.717) is 18.9 Å². The molecule has 0 saturated heterocycles. The van der Waals surface area contributed by atoms with Crippen molar-refractivity contribution in [2.24, 2.45) is 0 Å². The predicted molar refractivity (Wildman–Crippen MR) is 71.7 cm³/mol. The summed E-state index contributed by atoms with van der Waals surface area (Å²) in [5.74, 6) is 1.43. The van der Waals surface area contributed by atoms with Gasteiger partial charge in [0.05, 0.1) is 0 Å². The maximum absolute atomic E-state index is 10.1. The lowest BCUT2D eigenvalue weighted by Gasteiger charge is -2.29. The number of ether oxygens (including phenoxy) is 3. The number of nitrogens with one attached hydrogen (secondary N) is 1. The Bertz CT molecular complexity index is 385. The van der Waals surface area contributed by atoms with Crippen LogP contribution in [0.25, 0.3) is 0 Å². The molecule has 2 N–H and O–H groups in total. The van der Waals surface area contributed by atoms with Gasteiger partial charge in [0.2, 0.25) is 0 Å². The maximum Gasteiger partial charge on any atom is 0.161 e. The van der Waals surface area contributed by atoms with Crippen LogP contribution in [0.15, 0.2) is 24.3 Å². The zero-order valence-electron chi connectivity index (χ0n) is 11.2. The molecule has 0 spiro atoms. The molecular formula is C14H21NO4. The summed E-state index contributed by atoms with van der Waals surface area (Å²) in [6, 6.07) is 7.50. The van der Waals surface area contributed by atoms with Crippen molar-refractivity contribution < 1.29 is 19.3 Å². The molecular weight excluding hydrogens is 246 g/mol. The molecule has 2 rings (SSSR count). The van der Waals surface area contributed by atoms with E-state index >= 15 is 0 Å². The van der Waals surface area contributed by atoms with Gasteiger partial charge in [-0.05, 0) is 25.1 Å². The number of methoxy groups -OCH3 is 1. The molecule has 0 bridgehead atoms. The third-order valence-corrected chi connectivity index (χ3v) is 3.02. The molecule has 1 heterocycles. The first kappa shape index (κ1) is 14.1. The lowest BCUT2D eigenvalue weighted by atomic mass is 10.2. The Morgan fingerprint density at radius 2 is 2.21 bits per heavy atom. The molecule has 1 aromatic carbocycles. The molecule has 1 aliphatic rings. The van der Waals surface area contributed by atoms with Crippen molar-refractivity contribution in [1.29, 1.82) is 0 Å². The highest BCUT2D eigenvalue weighted by Gasteiger charge is 2.26. The Kier molecular flexibility index (Phi) is 5.44. The van der Waals surface area contributed by atoms with Gasteiger partial charge < -0.3 is 24.6 Å². The van der Waals surface area contributed by atoms with Crippen LogP contribution in [-0.4, -0.2) is 50.7 Å². The van der Waals surface area contributed by atoms with E-state index in [-0.39, 0.29) is 6.10 Å². The van der Waals surface area contributed by atoms with Gasteiger partial charge in [0.1, 0.15) is 12.7 Å². The molecule has 0 aromatic heterocycles. The summed E-state index contributed by atoms with van der Waals surface area (Å²) in [4.78, 5) is 0. The normalized spacial score (nSPS) is 19.2. The topological polar surface area (TPSA) is 60.0 Å². The van der Waals surface area contributed by atoms with Crippen LogP contribution in [0.1, 0.15) is 6.42 Å². The SMILES string of the molecule is COCCCNCC(O)C1COc2ccccc2O1. The molecule has 2 unspecified atom stereocenters. The summed E-state index contributed by atoms with van der Waals surface area (Å²) >= 11 is 0. The number of hydrogen-bond acceptors (Lipinski definition) is 5. The van der Waals surface area contributed by atoms with Crippen molar-refractivity contribution in [3.8, 4) is 11.5 Å². The number of aliphatic hydroxyl groups is 1. The highest BCUT2D eigenvalue weighted by molar-refractivity contribution is 5.40. The van der Waals surface area contributed by atoms with Gasteiger partial charge in [-0.3, -0.25) is 0 Å². The van der Waals surface area contributed by atoms with Crippen LogP contribution in [0.4, 0.5) is 0 Å².